The molecule has 1 N–H and O–H groups in total. The van der Waals surface area contributed by atoms with Crippen molar-refractivity contribution in [3.63, 3.8) is 0 Å². The predicted octanol–water partition coefficient (Wildman–Crippen LogP) is 5.35. The highest BCUT2D eigenvalue weighted by atomic mass is 32.1. The molecule has 0 aliphatic heterocycles. The number of amides is 1. The van der Waals surface area contributed by atoms with Gasteiger partial charge in [-0.1, -0.05) is 23.5 Å². The monoisotopic (exact) mass is 431 g/mol. The predicted molar refractivity (Wildman–Crippen MR) is 121 cm³/mol. The first-order chi connectivity index (χ1) is 14.9. The molecule has 154 valence electrons. The highest BCUT2D eigenvalue weighted by Crippen LogP contribution is 2.30. The Morgan fingerprint density at radius 1 is 1.06 bits per heavy atom. The third-order valence-corrected chi connectivity index (χ3v) is 6.03. The number of nitrogens with zero attached hydrogens (tertiary/aromatic N) is 4. The largest absolute Gasteiger partial charge is 0.298 e. The van der Waals surface area contributed by atoms with E-state index < -0.39 is 0 Å². The quantitative estimate of drug-likeness (QED) is 0.418. The maximum absolute atomic E-state index is 13.4. The standard InChI is InChI=1S/C23H18FN5OS/c1-12-5-4-6-18-20(12)26-23(31-18)27-22(30)17-11-13(2)25-21-19(17)14(3)28-29(21)16-9-7-15(24)8-10-16/h4-11H,1-3H3,(H,26,27,30). The van der Waals surface area contributed by atoms with E-state index >= 15 is 0 Å². The lowest BCUT2D eigenvalue weighted by molar-refractivity contribution is 0.102. The lowest BCUT2D eigenvalue weighted by Crippen LogP contribution is -2.13. The normalized spacial score (nSPS) is 11.4. The molecule has 0 bridgehead atoms. The summed E-state index contributed by atoms with van der Waals surface area (Å²) in [6.07, 6.45) is 0. The van der Waals surface area contributed by atoms with Crippen molar-refractivity contribution >= 4 is 43.6 Å². The van der Waals surface area contributed by atoms with Crippen LogP contribution >= 0.6 is 11.3 Å². The van der Waals surface area contributed by atoms with Crippen LogP contribution in [0.1, 0.15) is 27.3 Å². The van der Waals surface area contributed by atoms with Crippen molar-refractivity contribution in [3.05, 3.63) is 76.9 Å². The van der Waals surface area contributed by atoms with Gasteiger partial charge in [-0.3, -0.25) is 10.1 Å². The molecule has 3 heterocycles. The van der Waals surface area contributed by atoms with Gasteiger partial charge in [0, 0.05) is 5.69 Å². The number of pyridine rings is 1. The molecule has 0 fully saturated rings. The van der Waals surface area contributed by atoms with Crippen molar-refractivity contribution in [2.75, 3.05) is 5.32 Å². The number of fused-ring (bicyclic) bond motifs is 2. The molecule has 0 radical (unpaired) electrons. The van der Waals surface area contributed by atoms with Crippen molar-refractivity contribution in [2.45, 2.75) is 20.8 Å². The Morgan fingerprint density at radius 3 is 2.58 bits per heavy atom. The van der Waals surface area contributed by atoms with E-state index in [0.717, 1.165) is 15.8 Å². The smallest absolute Gasteiger partial charge is 0.258 e. The van der Waals surface area contributed by atoms with Gasteiger partial charge in [-0.25, -0.2) is 19.0 Å². The van der Waals surface area contributed by atoms with Gasteiger partial charge in [0.2, 0.25) is 0 Å². The zero-order chi connectivity index (χ0) is 21.7. The summed E-state index contributed by atoms with van der Waals surface area (Å²) in [5.41, 5.74) is 4.99. The molecule has 5 aromatic rings. The minimum absolute atomic E-state index is 0.269. The summed E-state index contributed by atoms with van der Waals surface area (Å²) in [5.74, 6) is -0.596. The second kappa shape index (κ2) is 7.24. The Bertz CT molecular complexity index is 1470. The summed E-state index contributed by atoms with van der Waals surface area (Å²) in [7, 11) is 0. The maximum Gasteiger partial charge on any atom is 0.258 e. The SMILES string of the molecule is Cc1cc(C(=O)Nc2nc3c(C)cccc3s2)c2c(C)nn(-c3ccc(F)cc3)c2n1. The highest BCUT2D eigenvalue weighted by molar-refractivity contribution is 7.22. The topological polar surface area (TPSA) is 72.7 Å². The van der Waals surface area contributed by atoms with Crippen molar-refractivity contribution < 1.29 is 9.18 Å². The number of hydrogen-bond donors (Lipinski definition) is 1. The first-order valence-electron chi connectivity index (χ1n) is 9.71. The number of carbonyl (C=O) groups is 1. The number of thiazole rings is 1. The van der Waals surface area contributed by atoms with E-state index in [1.807, 2.05) is 39.0 Å². The molecular formula is C23H18FN5OS. The van der Waals surface area contributed by atoms with Crippen molar-refractivity contribution in [3.8, 4) is 5.69 Å². The Morgan fingerprint density at radius 2 is 1.84 bits per heavy atom. The summed E-state index contributed by atoms with van der Waals surface area (Å²) < 4.78 is 16.0. The van der Waals surface area contributed by atoms with Crippen molar-refractivity contribution in [2.24, 2.45) is 0 Å². The third kappa shape index (κ3) is 3.34. The first kappa shape index (κ1) is 19.3. The van der Waals surface area contributed by atoms with Gasteiger partial charge in [-0.05, 0) is 62.7 Å². The van der Waals surface area contributed by atoms with Crippen LogP contribution in [0.3, 0.4) is 0 Å². The minimum atomic E-state index is -0.327. The lowest BCUT2D eigenvalue weighted by Gasteiger charge is -2.07. The minimum Gasteiger partial charge on any atom is -0.298 e. The zero-order valence-electron chi connectivity index (χ0n) is 17.1. The van der Waals surface area contributed by atoms with Crippen LogP contribution in [0.4, 0.5) is 9.52 Å². The third-order valence-electron chi connectivity index (χ3n) is 5.10. The van der Waals surface area contributed by atoms with Gasteiger partial charge in [0.15, 0.2) is 10.8 Å². The molecule has 0 saturated carbocycles. The van der Waals surface area contributed by atoms with Crippen LogP contribution in [-0.2, 0) is 0 Å². The molecule has 0 atom stereocenters. The molecule has 0 saturated heterocycles. The second-order valence-corrected chi connectivity index (χ2v) is 8.41. The van der Waals surface area contributed by atoms with Crippen LogP contribution in [0.15, 0.2) is 48.5 Å². The molecule has 0 aliphatic rings. The maximum atomic E-state index is 13.4. The first-order valence-corrected chi connectivity index (χ1v) is 10.5. The number of aryl methyl sites for hydroxylation is 3. The molecule has 5 rings (SSSR count). The Balaban J connectivity index is 1.59. The number of halogens is 1. The van der Waals surface area contributed by atoms with E-state index in [-0.39, 0.29) is 11.7 Å². The van der Waals surface area contributed by atoms with E-state index in [2.05, 4.69) is 20.4 Å². The van der Waals surface area contributed by atoms with Gasteiger partial charge < -0.3 is 0 Å². The number of aromatic nitrogens is 4. The molecule has 8 heteroatoms. The van der Waals surface area contributed by atoms with Crippen LogP contribution in [0.2, 0.25) is 0 Å². The Hall–Kier alpha value is -3.65. The fourth-order valence-electron chi connectivity index (χ4n) is 3.66. The number of benzene rings is 2. The average Bonchev–Trinajstić information content (AvgIpc) is 3.29. The number of rotatable bonds is 3. The van der Waals surface area contributed by atoms with Crippen molar-refractivity contribution in [1.82, 2.24) is 19.7 Å². The molecule has 1 amide bonds. The second-order valence-electron chi connectivity index (χ2n) is 7.38. The molecule has 31 heavy (non-hydrogen) atoms. The lowest BCUT2D eigenvalue weighted by atomic mass is 10.1. The fourth-order valence-corrected chi connectivity index (χ4v) is 4.60. The highest BCUT2D eigenvalue weighted by Gasteiger charge is 2.20. The molecule has 3 aromatic heterocycles. The Labute approximate surface area is 181 Å². The van der Waals surface area contributed by atoms with Crippen LogP contribution in [0.25, 0.3) is 26.9 Å². The fraction of sp³-hybridized carbons (Fsp3) is 0.130. The van der Waals surface area contributed by atoms with Crippen LogP contribution < -0.4 is 5.32 Å². The molecular weight excluding hydrogens is 413 g/mol. The average molecular weight is 431 g/mol. The molecule has 6 nitrogen and oxygen atoms in total. The molecule has 2 aromatic carbocycles. The summed E-state index contributed by atoms with van der Waals surface area (Å²) in [4.78, 5) is 22.4. The number of nitrogens with one attached hydrogen (secondary N) is 1. The van der Waals surface area contributed by atoms with Gasteiger partial charge in [0.05, 0.1) is 32.5 Å². The van der Waals surface area contributed by atoms with Gasteiger partial charge >= 0.3 is 0 Å². The van der Waals surface area contributed by atoms with Crippen LogP contribution in [-0.4, -0.2) is 25.7 Å². The van der Waals surface area contributed by atoms with E-state index in [0.29, 0.717) is 38.8 Å². The molecule has 0 aliphatic carbocycles. The number of para-hydroxylation sites is 1. The van der Waals surface area contributed by atoms with Crippen LogP contribution in [0, 0.1) is 26.6 Å². The zero-order valence-corrected chi connectivity index (χ0v) is 17.9. The molecule has 0 unspecified atom stereocenters. The Kier molecular flexibility index (Phi) is 4.51. The molecule has 0 spiro atoms. The number of carbonyl (C=O) groups excluding carboxylic acids is 1. The van der Waals surface area contributed by atoms with E-state index in [1.54, 1.807) is 22.9 Å². The van der Waals surface area contributed by atoms with Crippen molar-refractivity contribution in [1.29, 1.82) is 0 Å². The van der Waals surface area contributed by atoms with Gasteiger partial charge in [0.1, 0.15) is 5.82 Å². The van der Waals surface area contributed by atoms with E-state index in [4.69, 9.17) is 0 Å². The number of anilines is 1. The van der Waals surface area contributed by atoms with Gasteiger partial charge in [0.25, 0.3) is 5.91 Å². The van der Waals surface area contributed by atoms with Gasteiger partial charge in [-0.15, -0.1) is 0 Å². The van der Waals surface area contributed by atoms with Gasteiger partial charge in [-0.2, -0.15) is 5.10 Å². The summed E-state index contributed by atoms with van der Waals surface area (Å²) >= 11 is 1.44. The summed E-state index contributed by atoms with van der Waals surface area (Å²) in [6, 6.07) is 13.7. The summed E-state index contributed by atoms with van der Waals surface area (Å²) in [5, 5.41) is 8.70. The van der Waals surface area contributed by atoms with Crippen LogP contribution in [0.5, 0.6) is 0 Å². The van der Waals surface area contributed by atoms with E-state index in [9.17, 15) is 9.18 Å². The summed E-state index contributed by atoms with van der Waals surface area (Å²) in [6.45, 7) is 5.66. The van der Waals surface area contributed by atoms with E-state index in [1.165, 1.54) is 23.5 Å². The number of hydrogen-bond acceptors (Lipinski definition) is 5.